The Hall–Kier alpha value is -1.51. The third-order valence-corrected chi connectivity index (χ3v) is 4.93. The van der Waals surface area contributed by atoms with Gasteiger partial charge in [-0.1, -0.05) is 12.1 Å². The van der Waals surface area contributed by atoms with Crippen LogP contribution in [0.15, 0.2) is 24.3 Å². The zero-order chi connectivity index (χ0) is 14.0. The normalized spacial score (nSPS) is 20.8. The molecule has 0 saturated heterocycles. The average Bonchev–Trinajstić information content (AvgIpc) is 3.20. The predicted molar refractivity (Wildman–Crippen MR) is 79.9 cm³/mol. The van der Waals surface area contributed by atoms with E-state index in [4.69, 9.17) is 5.11 Å². The maximum atomic E-state index is 10.6. The van der Waals surface area contributed by atoms with E-state index >= 15 is 0 Å². The lowest BCUT2D eigenvalue weighted by Gasteiger charge is -2.29. The first-order valence-corrected chi connectivity index (χ1v) is 7.73. The van der Waals surface area contributed by atoms with Crippen LogP contribution < -0.4 is 5.32 Å². The maximum Gasteiger partial charge on any atom is 0.303 e. The molecule has 0 radical (unpaired) electrons. The predicted octanol–water partition coefficient (Wildman–Crippen LogP) is 3.84. The lowest BCUT2D eigenvalue weighted by Crippen LogP contribution is -2.26. The van der Waals surface area contributed by atoms with Crippen LogP contribution in [-0.4, -0.2) is 17.1 Å². The highest BCUT2D eigenvalue weighted by Crippen LogP contribution is 2.56. The standard InChI is InChI=1S/C17H23NO2/c19-16(20)5-4-13-2-1-3-15(12-13)18-14-6-8-17(9-7-14)10-11-17/h1-3,12,14,18H,4-11H2,(H,19,20). The van der Waals surface area contributed by atoms with Crippen molar-refractivity contribution >= 4 is 11.7 Å². The smallest absolute Gasteiger partial charge is 0.303 e. The van der Waals surface area contributed by atoms with Crippen LogP contribution in [0.25, 0.3) is 0 Å². The Morgan fingerprint density at radius 1 is 1.25 bits per heavy atom. The molecule has 20 heavy (non-hydrogen) atoms. The van der Waals surface area contributed by atoms with Gasteiger partial charge in [-0.25, -0.2) is 0 Å². The zero-order valence-electron chi connectivity index (χ0n) is 11.9. The van der Waals surface area contributed by atoms with Gasteiger partial charge in [0.05, 0.1) is 0 Å². The highest BCUT2D eigenvalue weighted by atomic mass is 16.4. The van der Waals surface area contributed by atoms with Crippen molar-refractivity contribution < 1.29 is 9.90 Å². The Morgan fingerprint density at radius 3 is 2.65 bits per heavy atom. The molecule has 3 heteroatoms. The van der Waals surface area contributed by atoms with Crippen molar-refractivity contribution in [3.8, 4) is 0 Å². The summed E-state index contributed by atoms with van der Waals surface area (Å²) in [6.45, 7) is 0. The molecule has 0 aliphatic heterocycles. The minimum absolute atomic E-state index is 0.204. The Labute approximate surface area is 120 Å². The lowest BCUT2D eigenvalue weighted by molar-refractivity contribution is -0.136. The van der Waals surface area contributed by atoms with Gasteiger partial charge in [-0.15, -0.1) is 0 Å². The highest BCUT2D eigenvalue weighted by molar-refractivity contribution is 5.67. The van der Waals surface area contributed by atoms with E-state index in [2.05, 4.69) is 17.4 Å². The van der Waals surface area contributed by atoms with Gasteiger partial charge in [0, 0.05) is 18.2 Å². The fraction of sp³-hybridized carbons (Fsp3) is 0.588. The number of carboxylic acids is 1. The molecule has 2 aliphatic rings. The number of nitrogens with one attached hydrogen (secondary N) is 1. The topological polar surface area (TPSA) is 49.3 Å². The zero-order valence-corrected chi connectivity index (χ0v) is 11.9. The number of aryl methyl sites for hydroxylation is 1. The first-order valence-electron chi connectivity index (χ1n) is 7.73. The number of aliphatic carboxylic acids is 1. The van der Waals surface area contributed by atoms with Crippen molar-refractivity contribution in [3.63, 3.8) is 0 Å². The summed E-state index contributed by atoms with van der Waals surface area (Å²) < 4.78 is 0. The quantitative estimate of drug-likeness (QED) is 0.857. The molecule has 1 aromatic rings. The second kappa shape index (κ2) is 5.47. The highest BCUT2D eigenvalue weighted by Gasteiger charge is 2.44. The van der Waals surface area contributed by atoms with Gasteiger partial charge < -0.3 is 10.4 Å². The van der Waals surface area contributed by atoms with Crippen LogP contribution in [0.2, 0.25) is 0 Å². The van der Waals surface area contributed by atoms with Crippen molar-refractivity contribution in [3.05, 3.63) is 29.8 Å². The van der Waals surface area contributed by atoms with E-state index in [0.29, 0.717) is 12.5 Å². The fourth-order valence-electron chi connectivity index (χ4n) is 3.35. The molecule has 2 saturated carbocycles. The van der Waals surface area contributed by atoms with E-state index in [1.165, 1.54) is 38.5 Å². The molecular formula is C17H23NO2. The monoisotopic (exact) mass is 273 g/mol. The van der Waals surface area contributed by atoms with Gasteiger partial charge in [0.2, 0.25) is 0 Å². The van der Waals surface area contributed by atoms with Gasteiger partial charge in [-0.2, -0.15) is 0 Å². The third-order valence-electron chi connectivity index (χ3n) is 4.93. The van der Waals surface area contributed by atoms with Gasteiger partial charge in [-0.3, -0.25) is 4.79 Å². The van der Waals surface area contributed by atoms with Crippen LogP contribution >= 0.6 is 0 Å². The molecule has 1 aromatic carbocycles. The number of hydrogen-bond donors (Lipinski definition) is 2. The number of rotatable bonds is 5. The molecule has 3 rings (SSSR count). The number of carboxylic acid groups (broad SMARTS) is 1. The maximum absolute atomic E-state index is 10.6. The van der Waals surface area contributed by atoms with E-state index in [1.807, 2.05) is 12.1 Å². The second-order valence-corrected chi connectivity index (χ2v) is 6.51. The summed E-state index contributed by atoms with van der Waals surface area (Å²) in [5.74, 6) is -0.731. The molecule has 3 nitrogen and oxygen atoms in total. The van der Waals surface area contributed by atoms with Crippen molar-refractivity contribution in [2.45, 2.75) is 57.4 Å². The van der Waals surface area contributed by atoms with Crippen LogP contribution in [-0.2, 0) is 11.2 Å². The fourth-order valence-corrected chi connectivity index (χ4v) is 3.35. The SMILES string of the molecule is O=C(O)CCc1cccc(NC2CCC3(CC2)CC3)c1. The van der Waals surface area contributed by atoms with E-state index < -0.39 is 5.97 Å². The molecule has 0 atom stereocenters. The summed E-state index contributed by atoms with van der Waals surface area (Å²) >= 11 is 0. The first kappa shape index (κ1) is 13.5. The van der Waals surface area contributed by atoms with Crippen LogP contribution in [0.1, 0.15) is 50.5 Å². The molecule has 0 aromatic heterocycles. The van der Waals surface area contributed by atoms with Gasteiger partial charge >= 0.3 is 5.97 Å². The van der Waals surface area contributed by atoms with Crippen molar-refractivity contribution in [2.24, 2.45) is 5.41 Å². The Morgan fingerprint density at radius 2 is 2.00 bits per heavy atom. The molecule has 2 aliphatic carbocycles. The molecule has 2 N–H and O–H groups in total. The summed E-state index contributed by atoms with van der Waals surface area (Å²) in [6, 6.07) is 8.81. The summed E-state index contributed by atoms with van der Waals surface area (Å²) in [4.78, 5) is 10.6. The van der Waals surface area contributed by atoms with Crippen molar-refractivity contribution in [2.75, 3.05) is 5.32 Å². The molecule has 1 spiro atoms. The third kappa shape index (κ3) is 3.33. The number of carbonyl (C=O) groups is 1. The van der Waals surface area contributed by atoms with Crippen LogP contribution in [0.5, 0.6) is 0 Å². The number of anilines is 1. The van der Waals surface area contributed by atoms with E-state index in [1.54, 1.807) is 0 Å². The Balaban J connectivity index is 1.54. The van der Waals surface area contributed by atoms with Crippen LogP contribution in [0.3, 0.4) is 0 Å². The van der Waals surface area contributed by atoms with Crippen LogP contribution in [0, 0.1) is 5.41 Å². The molecular weight excluding hydrogens is 250 g/mol. The average molecular weight is 273 g/mol. The number of hydrogen-bond acceptors (Lipinski definition) is 2. The van der Waals surface area contributed by atoms with Gasteiger partial charge in [-0.05, 0) is 68.1 Å². The largest absolute Gasteiger partial charge is 0.481 e. The minimum Gasteiger partial charge on any atom is -0.481 e. The van der Waals surface area contributed by atoms with Gasteiger partial charge in [0.1, 0.15) is 0 Å². The first-order chi connectivity index (χ1) is 9.65. The Kier molecular flexibility index (Phi) is 3.68. The van der Waals surface area contributed by atoms with E-state index in [0.717, 1.165) is 16.7 Å². The summed E-state index contributed by atoms with van der Waals surface area (Å²) in [5, 5.41) is 12.4. The van der Waals surface area contributed by atoms with Gasteiger partial charge in [0.25, 0.3) is 0 Å². The summed E-state index contributed by atoms with van der Waals surface area (Å²) in [6.07, 6.45) is 9.02. The minimum atomic E-state index is -0.731. The number of benzene rings is 1. The molecule has 0 bridgehead atoms. The van der Waals surface area contributed by atoms with Crippen molar-refractivity contribution in [1.82, 2.24) is 0 Å². The second-order valence-electron chi connectivity index (χ2n) is 6.51. The molecule has 0 unspecified atom stereocenters. The van der Waals surface area contributed by atoms with E-state index in [-0.39, 0.29) is 6.42 Å². The molecule has 108 valence electrons. The molecule has 2 fully saturated rings. The summed E-state index contributed by atoms with van der Waals surface area (Å²) in [7, 11) is 0. The molecule has 0 heterocycles. The van der Waals surface area contributed by atoms with E-state index in [9.17, 15) is 4.79 Å². The lowest BCUT2D eigenvalue weighted by atomic mass is 9.83. The van der Waals surface area contributed by atoms with Gasteiger partial charge in [0.15, 0.2) is 0 Å². The molecule has 0 amide bonds. The van der Waals surface area contributed by atoms with Crippen molar-refractivity contribution in [1.29, 1.82) is 0 Å². The van der Waals surface area contributed by atoms with Crippen LogP contribution in [0.4, 0.5) is 5.69 Å². The summed E-state index contributed by atoms with van der Waals surface area (Å²) in [5.41, 5.74) is 2.98. The Bertz CT molecular complexity index is 484.